The van der Waals surface area contributed by atoms with Crippen molar-refractivity contribution in [2.45, 2.75) is 17.7 Å². The van der Waals surface area contributed by atoms with Gasteiger partial charge in [-0.15, -0.1) is 0 Å². The van der Waals surface area contributed by atoms with E-state index in [2.05, 4.69) is 15.9 Å². The number of hydrogen-bond acceptors (Lipinski definition) is 1. The van der Waals surface area contributed by atoms with E-state index in [9.17, 15) is 13.6 Å². The highest BCUT2D eigenvalue weighted by atomic mass is 79.9. The molecule has 0 saturated carbocycles. The Morgan fingerprint density at radius 2 is 2.12 bits per heavy atom. The van der Waals surface area contributed by atoms with Gasteiger partial charge in [-0.3, -0.25) is 4.79 Å². The molecule has 0 aromatic heterocycles. The summed E-state index contributed by atoms with van der Waals surface area (Å²) in [6.45, 7) is 0.392. The molecule has 0 N–H and O–H groups in total. The maximum atomic E-state index is 13.7. The maximum Gasteiger partial charge on any atom is 0.240 e. The smallest absolute Gasteiger partial charge is 0.240 e. The number of nitrogens with zero attached hydrogens (tertiary/aromatic N) is 1. The number of alkyl halides is 1. The van der Waals surface area contributed by atoms with Crippen LogP contribution in [-0.2, 0) is 4.79 Å². The van der Waals surface area contributed by atoms with E-state index in [1.807, 2.05) is 0 Å². The Labute approximate surface area is 111 Å². The normalized spacial score (nSPS) is 20.8. The molecule has 0 bridgehead atoms. The molecular formula is C11H9BrClF2NO. The van der Waals surface area contributed by atoms with Crippen molar-refractivity contribution in [3.05, 3.63) is 28.8 Å². The number of carbonyl (C=O) groups excluding carboxylic acids is 1. The summed E-state index contributed by atoms with van der Waals surface area (Å²) in [6, 6.07) is 1.73. The minimum absolute atomic E-state index is 0.0396. The largest absolute Gasteiger partial charge is 0.307 e. The van der Waals surface area contributed by atoms with Crippen LogP contribution in [0.1, 0.15) is 12.8 Å². The molecule has 1 unspecified atom stereocenters. The van der Waals surface area contributed by atoms with Gasteiger partial charge in [-0.25, -0.2) is 8.78 Å². The van der Waals surface area contributed by atoms with Gasteiger partial charge in [0.15, 0.2) is 5.82 Å². The SMILES string of the molecule is O=C1C(Br)CCCN1c1c(F)cc(F)cc1Cl. The number of amides is 1. The summed E-state index contributed by atoms with van der Waals surface area (Å²) in [4.78, 5) is 12.8. The molecular weight excluding hydrogens is 315 g/mol. The zero-order valence-electron chi connectivity index (χ0n) is 8.72. The molecule has 2 nitrogen and oxygen atoms in total. The first-order chi connectivity index (χ1) is 8.00. The molecule has 1 atom stereocenters. The van der Waals surface area contributed by atoms with Crippen molar-refractivity contribution in [1.82, 2.24) is 0 Å². The first-order valence-corrected chi connectivity index (χ1v) is 6.40. The molecule has 2 rings (SSSR count). The van der Waals surface area contributed by atoms with E-state index in [0.29, 0.717) is 13.0 Å². The van der Waals surface area contributed by atoms with Gasteiger partial charge < -0.3 is 4.90 Å². The quantitative estimate of drug-likeness (QED) is 0.724. The highest BCUT2D eigenvalue weighted by Crippen LogP contribution is 2.33. The molecule has 0 aliphatic carbocycles. The Kier molecular flexibility index (Phi) is 3.68. The Morgan fingerprint density at radius 1 is 1.41 bits per heavy atom. The lowest BCUT2D eigenvalue weighted by molar-refractivity contribution is -0.118. The molecule has 1 saturated heterocycles. The third-order valence-electron chi connectivity index (χ3n) is 2.62. The number of carbonyl (C=O) groups is 1. The zero-order valence-corrected chi connectivity index (χ0v) is 11.1. The molecule has 6 heteroatoms. The Morgan fingerprint density at radius 3 is 2.76 bits per heavy atom. The number of halogens is 4. The van der Waals surface area contributed by atoms with Crippen molar-refractivity contribution >= 4 is 39.1 Å². The van der Waals surface area contributed by atoms with E-state index in [1.165, 1.54) is 4.90 Å². The molecule has 1 heterocycles. The van der Waals surface area contributed by atoms with Gasteiger partial charge in [-0.05, 0) is 18.9 Å². The monoisotopic (exact) mass is 323 g/mol. The lowest BCUT2D eigenvalue weighted by atomic mass is 10.1. The minimum atomic E-state index is -0.815. The first-order valence-electron chi connectivity index (χ1n) is 5.10. The van der Waals surface area contributed by atoms with Crippen LogP contribution in [0.4, 0.5) is 14.5 Å². The molecule has 0 spiro atoms. The molecule has 0 radical (unpaired) electrons. The van der Waals surface area contributed by atoms with Crippen molar-refractivity contribution < 1.29 is 13.6 Å². The van der Waals surface area contributed by atoms with E-state index in [0.717, 1.165) is 18.6 Å². The molecule has 1 aliphatic heterocycles. The van der Waals surface area contributed by atoms with E-state index in [-0.39, 0.29) is 21.4 Å². The second-order valence-electron chi connectivity index (χ2n) is 3.82. The summed E-state index contributed by atoms with van der Waals surface area (Å²) >= 11 is 9.02. The van der Waals surface area contributed by atoms with Crippen LogP contribution in [0, 0.1) is 11.6 Å². The van der Waals surface area contributed by atoms with Crippen molar-refractivity contribution in [3.8, 4) is 0 Å². The van der Waals surface area contributed by atoms with Gasteiger partial charge in [-0.2, -0.15) is 0 Å². The summed E-state index contributed by atoms with van der Waals surface area (Å²) in [5, 5.41) is -0.0857. The van der Waals surface area contributed by atoms with Crippen LogP contribution < -0.4 is 4.90 Å². The second kappa shape index (κ2) is 4.90. The Balaban J connectivity index is 2.43. The van der Waals surface area contributed by atoms with Crippen molar-refractivity contribution in [2.24, 2.45) is 0 Å². The van der Waals surface area contributed by atoms with E-state index in [4.69, 9.17) is 11.6 Å². The van der Waals surface area contributed by atoms with Gasteiger partial charge in [-0.1, -0.05) is 27.5 Å². The lowest BCUT2D eigenvalue weighted by Crippen LogP contribution is -2.42. The van der Waals surface area contributed by atoms with Gasteiger partial charge in [0.2, 0.25) is 5.91 Å². The van der Waals surface area contributed by atoms with Gasteiger partial charge in [0.05, 0.1) is 15.5 Å². The Bertz CT molecular complexity index is 446. The fourth-order valence-corrected chi connectivity index (χ4v) is 2.71. The third kappa shape index (κ3) is 2.45. The van der Waals surface area contributed by atoms with Gasteiger partial charge in [0.1, 0.15) is 5.82 Å². The topological polar surface area (TPSA) is 20.3 Å². The second-order valence-corrected chi connectivity index (χ2v) is 5.33. The molecule has 1 aliphatic rings. The Hall–Kier alpha value is -0.680. The van der Waals surface area contributed by atoms with Crippen LogP contribution in [0.5, 0.6) is 0 Å². The van der Waals surface area contributed by atoms with Crippen molar-refractivity contribution in [3.63, 3.8) is 0 Å². The summed E-state index contributed by atoms with van der Waals surface area (Å²) in [7, 11) is 0. The van der Waals surface area contributed by atoms with Crippen molar-refractivity contribution in [1.29, 1.82) is 0 Å². The highest BCUT2D eigenvalue weighted by molar-refractivity contribution is 9.10. The standard InChI is InChI=1S/C11H9BrClF2NO/c12-7-2-1-3-16(11(7)17)10-8(13)4-6(14)5-9(10)15/h4-5,7H,1-3H2. The van der Waals surface area contributed by atoms with E-state index < -0.39 is 11.6 Å². The summed E-state index contributed by atoms with van der Waals surface area (Å²) < 4.78 is 26.6. The number of hydrogen-bond donors (Lipinski definition) is 0. The van der Waals surface area contributed by atoms with Crippen LogP contribution in [0.15, 0.2) is 12.1 Å². The summed E-state index contributed by atoms with van der Waals surface area (Å²) in [5.74, 6) is -1.82. The average Bonchev–Trinajstić information content (AvgIpc) is 2.23. The number of rotatable bonds is 1. The first kappa shape index (κ1) is 12.8. The third-order valence-corrected chi connectivity index (χ3v) is 3.76. The number of benzene rings is 1. The summed E-state index contributed by atoms with van der Waals surface area (Å²) in [5.41, 5.74) is -0.0396. The molecule has 1 aromatic carbocycles. The fraction of sp³-hybridized carbons (Fsp3) is 0.364. The predicted molar refractivity (Wildman–Crippen MR) is 65.7 cm³/mol. The van der Waals surface area contributed by atoms with Crippen LogP contribution in [-0.4, -0.2) is 17.3 Å². The predicted octanol–water partition coefficient (Wildman–Crippen LogP) is 3.51. The summed E-state index contributed by atoms with van der Waals surface area (Å²) in [6.07, 6.45) is 1.45. The van der Waals surface area contributed by atoms with Gasteiger partial charge in [0.25, 0.3) is 0 Å². The van der Waals surface area contributed by atoms with Gasteiger partial charge >= 0.3 is 0 Å². The van der Waals surface area contributed by atoms with Crippen LogP contribution >= 0.6 is 27.5 Å². The molecule has 1 fully saturated rings. The number of piperidine rings is 1. The van der Waals surface area contributed by atoms with Crippen molar-refractivity contribution in [2.75, 3.05) is 11.4 Å². The van der Waals surface area contributed by atoms with E-state index >= 15 is 0 Å². The highest BCUT2D eigenvalue weighted by Gasteiger charge is 2.30. The maximum absolute atomic E-state index is 13.7. The van der Waals surface area contributed by atoms with Crippen LogP contribution in [0.2, 0.25) is 5.02 Å². The molecule has 17 heavy (non-hydrogen) atoms. The van der Waals surface area contributed by atoms with Crippen LogP contribution in [0.25, 0.3) is 0 Å². The molecule has 1 amide bonds. The average molecular weight is 325 g/mol. The van der Waals surface area contributed by atoms with Crippen LogP contribution in [0.3, 0.4) is 0 Å². The fourth-order valence-electron chi connectivity index (χ4n) is 1.85. The minimum Gasteiger partial charge on any atom is -0.307 e. The van der Waals surface area contributed by atoms with Gasteiger partial charge in [0, 0.05) is 12.6 Å². The molecule has 92 valence electrons. The lowest BCUT2D eigenvalue weighted by Gasteiger charge is -2.30. The number of anilines is 1. The molecule has 1 aromatic rings. The zero-order chi connectivity index (χ0) is 12.6. The van der Waals surface area contributed by atoms with E-state index in [1.54, 1.807) is 0 Å².